The quantitative estimate of drug-likeness (QED) is 0.443. The Bertz CT molecular complexity index is 1090. The van der Waals surface area contributed by atoms with Crippen molar-refractivity contribution in [1.29, 1.82) is 0 Å². The lowest BCUT2D eigenvalue weighted by Gasteiger charge is -2.20. The lowest BCUT2D eigenvalue weighted by Crippen LogP contribution is -2.23. The summed E-state index contributed by atoms with van der Waals surface area (Å²) in [6.07, 6.45) is 1.60. The molecule has 1 aliphatic rings. The third-order valence-electron chi connectivity index (χ3n) is 5.11. The molecule has 1 heterocycles. The van der Waals surface area contributed by atoms with Gasteiger partial charge in [0, 0.05) is 11.6 Å². The number of phenolic OH excluding ortho intramolecular Hbond substituents is 1. The highest BCUT2D eigenvalue weighted by molar-refractivity contribution is 5.88. The summed E-state index contributed by atoms with van der Waals surface area (Å²) in [5.74, 6) is -0.703. The van der Waals surface area contributed by atoms with Crippen LogP contribution in [0.15, 0.2) is 36.4 Å². The average Bonchev–Trinajstić information content (AvgIpc) is 3.16. The summed E-state index contributed by atoms with van der Waals surface area (Å²) >= 11 is 0. The summed E-state index contributed by atoms with van der Waals surface area (Å²) in [6, 6.07) is 8.25. The van der Waals surface area contributed by atoms with Gasteiger partial charge >= 0.3 is 11.9 Å². The number of esters is 2. The average molecular weight is 471 g/mol. The summed E-state index contributed by atoms with van der Waals surface area (Å²) in [6.45, 7) is 7.08. The van der Waals surface area contributed by atoms with Crippen molar-refractivity contribution in [3.8, 4) is 23.0 Å². The van der Waals surface area contributed by atoms with Crippen LogP contribution < -0.4 is 14.2 Å². The van der Waals surface area contributed by atoms with Gasteiger partial charge in [0.1, 0.15) is 12.0 Å². The van der Waals surface area contributed by atoms with Gasteiger partial charge in [-0.15, -0.1) is 0 Å². The topological polar surface area (TPSA) is 101 Å². The second-order valence-electron chi connectivity index (χ2n) is 8.39. The largest absolute Gasteiger partial charge is 0.504 e. The third-order valence-corrected chi connectivity index (χ3v) is 5.11. The Morgan fingerprint density at radius 2 is 1.65 bits per heavy atom. The number of fused-ring (bicyclic) bond motifs is 1. The molecule has 34 heavy (non-hydrogen) atoms. The van der Waals surface area contributed by atoms with E-state index >= 15 is 0 Å². The van der Waals surface area contributed by atoms with Gasteiger partial charge in [0.2, 0.25) is 0 Å². The lowest BCUT2D eigenvalue weighted by atomic mass is 9.89. The van der Waals surface area contributed by atoms with E-state index in [2.05, 4.69) is 0 Å². The van der Waals surface area contributed by atoms with Crippen molar-refractivity contribution < 1.29 is 38.4 Å². The van der Waals surface area contributed by atoms with Crippen molar-refractivity contribution in [2.75, 3.05) is 14.2 Å². The number of ether oxygens (including phenoxy) is 5. The third kappa shape index (κ3) is 5.44. The Kier molecular flexibility index (Phi) is 7.71. The molecule has 3 rings (SSSR count). The summed E-state index contributed by atoms with van der Waals surface area (Å²) in [5.41, 5.74) is 1.82. The minimum atomic E-state index is -0.809. The highest BCUT2D eigenvalue weighted by Crippen LogP contribution is 2.52. The monoisotopic (exact) mass is 470 g/mol. The molecule has 0 aromatic heterocycles. The number of hydrogen-bond acceptors (Lipinski definition) is 8. The summed E-state index contributed by atoms with van der Waals surface area (Å²) < 4.78 is 27.7. The van der Waals surface area contributed by atoms with Crippen LogP contribution in [0.4, 0.5) is 0 Å². The predicted octanol–water partition coefficient (Wildman–Crippen LogP) is 4.54. The zero-order valence-electron chi connectivity index (χ0n) is 20.2. The molecule has 2 aromatic carbocycles. The number of carbonyl (C=O) groups is 2. The fraction of sp³-hybridized carbons (Fsp3) is 0.385. The zero-order chi connectivity index (χ0) is 25.0. The summed E-state index contributed by atoms with van der Waals surface area (Å²) in [7, 11) is 2.94. The fourth-order valence-electron chi connectivity index (χ4n) is 3.73. The van der Waals surface area contributed by atoms with Crippen molar-refractivity contribution in [2.24, 2.45) is 0 Å². The van der Waals surface area contributed by atoms with Crippen LogP contribution in [0.3, 0.4) is 0 Å². The SMILES string of the molecule is COc1cc([C@H]2Oc3c(OC)cc(/C=C/C(=O)OC(C)C)cc3[C@@H]2C(=O)OC(C)C)ccc1O. The molecule has 8 nitrogen and oxygen atoms in total. The van der Waals surface area contributed by atoms with Crippen molar-refractivity contribution in [2.45, 2.75) is 51.9 Å². The van der Waals surface area contributed by atoms with Gasteiger partial charge in [-0.3, -0.25) is 4.79 Å². The van der Waals surface area contributed by atoms with Crippen LogP contribution in [0.1, 0.15) is 56.4 Å². The first-order valence-corrected chi connectivity index (χ1v) is 11.0. The van der Waals surface area contributed by atoms with E-state index in [0.29, 0.717) is 28.2 Å². The van der Waals surface area contributed by atoms with Gasteiger partial charge in [-0.05, 0) is 69.2 Å². The number of hydrogen-bond donors (Lipinski definition) is 1. The van der Waals surface area contributed by atoms with Gasteiger partial charge in [-0.1, -0.05) is 6.07 Å². The first-order chi connectivity index (χ1) is 16.1. The molecular weight excluding hydrogens is 440 g/mol. The number of aromatic hydroxyl groups is 1. The zero-order valence-corrected chi connectivity index (χ0v) is 20.2. The fourth-order valence-corrected chi connectivity index (χ4v) is 3.73. The van der Waals surface area contributed by atoms with Crippen molar-refractivity contribution >= 4 is 18.0 Å². The summed E-state index contributed by atoms with van der Waals surface area (Å²) in [4.78, 5) is 25.2. The van der Waals surface area contributed by atoms with Gasteiger partial charge in [0.15, 0.2) is 23.0 Å². The van der Waals surface area contributed by atoms with E-state index < -0.39 is 24.0 Å². The number of rotatable bonds is 8. The van der Waals surface area contributed by atoms with Crippen molar-refractivity contribution in [1.82, 2.24) is 0 Å². The molecule has 0 bridgehead atoms. The Morgan fingerprint density at radius 1 is 0.971 bits per heavy atom. The van der Waals surface area contributed by atoms with E-state index in [9.17, 15) is 14.7 Å². The van der Waals surface area contributed by atoms with Gasteiger partial charge < -0.3 is 28.8 Å². The van der Waals surface area contributed by atoms with Gasteiger partial charge in [-0.25, -0.2) is 4.79 Å². The molecule has 0 unspecified atom stereocenters. The molecule has 0 saturated carbocycles. The molecule has 0 spiro atoms. The van der Waals surface area contributed by atoms with E-state index in [0.717, 1.165) is 0 Å². The maximum atomic E-state index is 13.2. The normalized spacial score (nSPS) is 16.9. The molecule has 1 N–H and O–H groups in total. The van der Waals surface area contributed by atoms with Crippen LogP contribution in [0.2, 0.25) is 0 Å². The molecule has 2 atom stereocenters. The van der Waals surface area contributed by atoms with E-state index in [1.807, 2.05) is 0 Å². The Labute approximate surface area is 199 Å². The van der Waals surface area contributed by atoms with Crippen LogP contribution in [-0.4, -0.2) is 43.5 Å². The highest BCUT2D eigenvalue weighted by Gasteiger charge is 2.44. The molecule has 182 valence electrons. The minimum Gasteiger partial charge on any atom is -0.504 e. The maximum Gasteiger partial charge on any atom is 0.331 e. The number of carbonyl (C=O) groups excluding carboxylic acids is 2. The van der Waals surface area contributed by atoms with Gasteiger partial charge in [-0.2, -0.15) is 0 Å². The molecule has 0 radical (unpaired) electrons. The van der Waals surface area contributed by atoms with Gasteiger partial charge in [0.25, 0.3) is 0 Å². The van der Waals surface area contributed by atoms with E-state index in [1.54, 1.807) is 58.0 Å². The van der Waals surface area contributed by atoms with Crippen molar-refractivity contribution in [3.63, 3.8) is 0 Å². The minimum absolute atomic E-state index is 0.0265. The Balaban J connectivity index is 2.07. The van der Waals surface area contributed by atoms with Gasteiger partial charge in [0.05, 0.1) is 26.4 Å². The first-order valence-electron chi connectivity index (χ1n) is 11.0. The number of methoxy groups -OCH3 is 2. The van der Waals surface area contributed by atoms with Crippen LogP contribution >= 0.6 is 0 Å². The molecule has 0 saturated heterocycles. The van der Waals surface area contributed by atoms with Crippen LogP contribution in [-0.2, 0) is 19.1 Å². The van der Waals surface area contributed by atoms with Crippen LogP contribution in [0.25, 0.3) is 6.08 Å². The molecular formula is C26H30O8. The smallest absolute Gasteiger partial charge is 0.331 e. The standard InChI is InChI=1S/C26H30O8/c1-14(2)32-22(28)10-7-16-11-18-23(26(29)33-15(3)4)24(34-25(18)21(12-16)31-6)17-8-9-19(27)20(13-17)30-5/h7-15,23-24,27H,1-6H3/b10-7+/t23-,24+/m0/s1. The number of benzene rings is 2. The molecule has 0 fully saturated rings. The molecule has 2 aromatic rings. The Hall–Kier alpha value is -3.68. The van der Waals surface area contributed by atoms with E-state index in [4.69, 9.17) is 23.7 Å². The second kappa shape index (κ2) is 10.5. The van der Waals surface area contributed by atoms with Crippen LogP contribution in [0, 0.1) is 0 Å². The first kappa shape index (κ1) is 25.0. The molecule has 8 heteroatoms. The summed E-state index contributed by atoms with van der Waals surface area (Å²) in [5, 5.41) is 10.00. The predicted molar refractivity (Wildman–Crippen MR) is 125 cm³/mol. The molecule has 0 aliphatic carbocycles. The Morgan fingerprint density at radius 3 is 2.26 bits per heavy atom. The highest BCUT2D eigenvalue weighted by atomic mass is 16.6. The van der Waals surface area contributed by atoms with E-state index in [1.165, 1.54) is 26.4 Å². The second-order valence-corrected chi connectivity index (χ2v) is 8.39. The van der Waals surface area contributed by atoms with Crippen molar-refractivity contribution in [3.05, 3.63) is 53.1 Å². The van der Waals surface area contributed by atoms with E-state index in [-0.39, 0.29) is 23.7 Å². The molecule has 1 aliphatic heterocycles. The van der Waals surface area contributed by atoms with Crippen LogP contribution in [0.5, 0.6) is 23.0 Å². The maximum absolute atomic E-state index is 13.2. The lowest BCUT2D eigenvalue weighted by molar-refractivity contribution is -0.151. The molecule has 0 amide bonds. The number of phenols is 1.